The Balaban J connectivity index is 1.72. The van der Waals surface area contributed by atoms with Crippen molar-refractivity contribution in [2.75, 3.05) is 25.2 Å². The highest BCUT2D eigenvalue weighted by molar-refractivity contribution is 7.99. The van der Waals surface area contributed by atoms with Crippen LogP contribution in [-0.4, -0.2) is 37.1 Å². The summed E-state index contributed by atoms with van der Waals surface area (Å²) in [6.07, 6.45) is 5.74. The SMILES string of the molecule is COc1ccc(NC(=O)CNC2CCC(SC)C2)cc1. The molecule has 0 saturated heterocycles. The van der Waals surface area contributed by atoms with E-state index in [1.807, 2.05) is 36.0 Å². The summed E-state index contributed by atoms with van der Waals surface area (Å²) in [4.78, 5) is 11.9. The first-order valence-electron chi connectivity index (χ1n) is 6.91. The largest absolute Gasteiger partial charge is 0.497 e. The van der Waals surface area contributed by atoms with Crippen LogP contribution in [0.4, 0.5) is 5.69 Å². The number of hydrogen-bond acceptors (Lipinski definition) is 4. The Hall–Kier alpha value is -1.20. The average molecular weight is 294 g/mol. The van der Waals surface area contributed by atoms with Gasteiger partial charge in [0.05, 0.1) is 13.7 Å². The molecule has 1 aliphatic rings. The third-order valence-corrected chi connectivity index (χ3v) is 4.74. The lowest BCUT2D eigenvalue weighted by Crippen LogP contribution is -2.34. The minimum Gasteiger partial charge on any atom is -0.497 e. The van der Waals surface area contributed by atoms with E-state index in [-0.39, 0.29) is 5.91 Å². The van der Waals surface area contributed by atoms with Crippen molar-refractivity contribution < 1.29 is 9.53 Å². The summed E-state index contributed by atoms with van der Waals surface area (Å²) in [5.41, 5.74) is 0.797. The van der Waals surface area contributed by atoms with Gasteiger partial charge in [-0.15, -0.1) is 0 Å². The Labute approximate surface area is 124 Å². The van der Waals surface area contributed by atoms with Crippen LogP contribution in [0.3, 0.4) is 0 Å². The van der Waals surface area contributed by atoms with Crippen molar-refractivity contribution in [1.29, 1.82) is 0 Å². The molecule has 0 aliphatic heterocycles. The summed E-state index contributed by atoms with van der Waals surface area (Å²) >= 11 is 1.92. The topological polar surface area (TPSA) is 50.4 Å². The first-order valence-corrected chi connectivity index (χ1v) is 8.20. The lowest BCUT2D eigenvalue weighted by Gasteiger charge is -2.12. The van der Waals surface area contributed by atoms with Gasteiger partial charge in [-0.25, -0.2) is 0 Å². The molecule has 20 heavy (non-hydrogen) atoms. The van der Waals surface area contributed by atoms with E-state index in [4.69, 9.17) is 4.74 Å². The number of amides is 1. The van der Waals surface area contributed by atoms with E-state index >= 15 is 0 Å². The molecule has 0 heterocycles. The maximum Gasteiger partial charge on any atom is 0.238 e. The van der Waals surface area contributed by atoms with Gasteiger partial charge in [0.15, 0.2) is 0 Å². The lowest BCUT2D eigenvalue weighted by atomic mass is 10.2. The summed E-state index contributed by atoms with van der Waals surface area (Å²) in [6.45, 7) is 0.373. The van der Waals surface area contributed by atoms with Crippen molar-refractivity contribution >= 4 is 23.4 Å². The number of rotatable bonds is 6. The molecule has 1 amide bonds. The van der Waals surface area contributed by atoms with Gasteiger partial charge in [-0.1, -0.05) is 0 Å². The maximum atomic E-state index is 11.9. The summed E-state index contributed by atoms with van der Waals surface area (Å²) < 4.78 is 5.08. The van der Waals surface area contributed by atoms with Gasteiger partial charge in [0.25, 0.3) is 0 Å². The molecule has 5 heteroatoms. The monoisotopic (exact) mass is 294 g/mol. The first kappa shape index (κ1) is 15.2. The van der Waals surface area contributed by atoms with Gasteiger partial charge < -0.3 is 15.4 Å². The van der Waals surface area contributed by atoms with E-state index in [2.05, 4.69) is 16.9 Å². The van der Waals surface area contributed by atoms with E-state index < -0.39 is 0 Å². The molecule has 2 unspecified atom stereocenters. The van der Waals surface area contributed by atoms with Crippen molar-refractivity contribution in [1.82, 2.24) is 5.32 Å². The number of carbonyl (C=O) groups excluding carboxylic acids is 1. The van der Waals surface area contributed by atoms with E-state index in [0.717, 1.165) is 23.1 Å². The standard InChI is InChI=1S/C15H22N2O2S/c1-19-13-6-3-11(4-7-13)17-15(18)10-16-12-5-8-14(9-12)20-2/h3-4,6-7,12,14,16H,5,8-10H2,1-2H3,(H,17,18). The zero-order valence-corrected chi connectivity index (χ0v) is 12.8. The molecule has 1 saturated carbocycles. The highest BCUT2D eigenvalue weighted by atomic mass is 32.2. The zero-order chi connectivity index (χ0) is 14.4. The number of thioether (sulfide) groups is 1. The fourth-order valence-corrected chi connectivity index (χ4v) is 3.25. The fraction of sp³-hybridized carbons (Fsp3) is 0.533. The highest BCUT2D eigenvalue weighted by Gasteiger charge is 2.23. The smallest absolute Gasteiger partial charge is 0.238 e. The Bertz CT molecular complexity index is 436. The Morgan fingerprint density at radius 3 is 2.70 bits per heavy atom. The van der Waals surface area contributed by atoms with Gasteiger partial charge >= 0.3 is 0 Å². The van der Waals surface area contributed by atoms with Crippen molar-refractivity contribution in [3.63, 3.8) is 0 Å². The minimum atomic E-state index is 0.00256. The number of hydrogen-bond donors (Lipinski definition) is 2. The van der Waals surface area contributed by atoms with Gasteiger partial charge in [0.2, 0.25) is 5.91 Å². The van der Waals surface area contributed by atoms with Crippen LogP contribution in [0.2, 0.25) is 0 Å². The molecule has 1 aliphatic carbocycles. The van der Waals surface area contributed by atoms with Crippen molar-refractivity contribution in [3.05, 3.63) is 24.3 Å². The van der Waals surface area contributed by atoms with E-state index in [9.17, 15) is 4.79 Å². The Kier molecular flexibility index (Phi) is 5.73. The molecule has 2 rings (SSSR count). The Morgan fingerprint density at radius 1 is 1.35 bits per heavy atom. The molecular formula is C15H22N2O2S. The van der Waals surface area contributed by atoms with Crippen LogP contribution in [0.1, 0.15) is 19.3 Å². The molecule has 0 bridgehead atoms. The summed E-state index contributed by atoms with van der Waals surface area (Å²) in [5, 5.41) is 6.97. The van der Waals surface area contributed by atoms with Gasteiger partial charge in [0.1, 0.15) is 5.75 Å². The van der Waals surface area contributed by atoms with Crippen LogP contribution in [0, 0.1) is 0 Å². The number of methoxy groups -OCH3 is 1. The average Bonchev–Trinajstić information content (AvgIpc) is 2.94. The van der Waals surface area contributed by atoms with Crippen LogP contribution in [0.5, 0.6) is 5.75 Å². The van der Waals surface area contributed by atoms with Crippen molar-refractivity contribution in [3.8, 4) is 5.75 Å². The van der Waals surface area contributed by atoms with Crippen molar-refractivity contribution in [2.45, 2.75) is 30.6 Å². The quantitative estimate of drug-likeness (QED) is 0.846. The van der Waals surface area contributed by atoms with Crippen LogP contribution in [0.25, 0.3) is 0 Å². The van der Waals surface area contributed by atoms with E-state index in [1.165, 1.54) is 12.8 Å². The van der Waals surface area contributed by atoms with Gasteiger partial charge in [0, 0.05) is 17.0 Å². The van der Waals surface area contributed by atoms with Gasteiger partial charge in [-0.05, 0) is 49.8 Å². The number of benzene rings is 1. The second-order valence-electron chi connectivity index (χ2n) is 5.03. The summed E-state index contributed by atoms with van der Waals surface area (Å²) in [6, 6.07) is 7.84. The van der Waals surface area contributed by atoms with Crippen molar-refractivity contribution in [2.24, 2.45) is 0 Å². The molecule has 4 nitrogen and oxygen atoms in total. The molecule has 0 spiro atoms. The van der Waals surface area contributed by atoms with Gasteiger partial charge in [-0.2, -0.15) is 11.8 Å². The minimum absolute atomic E-state index is 0.00256. The van der Waals surface area contributed by atoms with E-state index in [1.54, 1.807) is 7.11 Å². The predicted octanol–water partition coefficient (Wildman–Crippen LogP) is 2.51. The van der Waals surface area contributed by atoms with Crippen LogP contribution >= 0.6 is 11.8 Å². The zero-order valence-electron chi connectivity index (χ0n) is 12.0. The number of nitrogens with one attached hydrogen (secondary N) is 2. The molecule has 0 aromatic heterocycles. The van der Waals surface area contributed by atoms with Crippen LogP contribution in [-0.2, 0) is 4.79 Å². The number of carbonyl (C=O) groups is 1. The summed E-state index contributed by atoms with van der Waals surface area (Å²) in [7, 11) is 1.63. The molecular weight excluding hydrogens is 272 g/mol. The highest BCUT2D eigenvalue weighted by Crippen LogP contribution is 2.27. The molecule has 0 radical (unpaired) electrons. The molecule has 1 fully saturated rings. The second-order valence-corrected chi connectivity index (χ2v) is 6.16. The maximum absolute atomic E-state index is 11.9. The molecule has 2 atom stereocenters. The Morgan fingerprint density at radius 2 is 2.10 bits per heavy atom. The third-order valence-electron chi connectivity index (χ3n) is 3.64. The molecule has 110 valence electrons. The number of ether oxygens (including phenoxy) is 1. The van der Waals surface area contributed by atoms with Crippen LogP contribution in [0.15, 0.2) is 24.3 Å². The first-order chi connectivity index (χ1) is 9.71. The predicted molar refractivity (Wildman–Crippen MR) is 84.6 cm³/mol. The normalized spacial score (nSPS) is 21.7. The number of anilines is 1. The molecule has 1 aromatic rings. The molecule has 1 aromatic carbocycles. The van der Waals surface area contributed by atoms with Gasteiger partial charge in [-0.3, -0.25) is 4.79 Å². The fourth-order valence-electron chi connectivity index (χ4n) is 2.46. The lowest BCUT2D eigenvalue weighted by molar-refractivity contribution is -0.115. The van der Waals surface area contributed by atoms with Crippen LogP contribution < -0.4 is 15.4 Å². The third kappa shape index (κ3) is 4.42. The second kappa shape index (κ2) is 7.55. The van der Waals surface area contributed by atoms with E-state index in [0.29, 0.717) is 12.6 Å². The summed E-state index contributed by atoms with van der Waals surface area (Å²) in [5.74, 6) is 0.790. The molecule has 2 N–H and O–H groups in total.